The summed E-state index contributed by atoms with van der Waals surface area (Å²) in [5.74, 6) is 0.973. The predicted octanol–water partition coefficient (Wildman–Crippen LogP) is 2.04. The first-order valence-electron chi connectivity index (χ1n) is 6.35. The molecule has 0 unspecified atom stereocenters. The smallest absolute Gasteiger partial charge is 0.237 e. The standard InChI is InChI=1S/C12H19ClN4O/c1-14-12-15-9-10(13)11(16-12)18-8-7-17-5-3-2-4-6-17/h9H,2-8H2,1H3,(H,14,15,16). The van der Waals surface area contributed by atoms with E-state index in [4.69, 9.17) is 16.3 Å². The van der Waals surface area contributed by atoms with Gasteiger partial charge in [-0.1, -0.05) is 18.0 Å². The van der Waals surface area contributed by atoms with E-state index in [0.717, 1.165) is 6.54 Å². The van der Waals surface area contributed by atoms with Crippen molar-refractivity contribution in [2.75, 3.05) is 38.6 Å². The summed E-state index contributed by atoms with van der Waals surface area (Å²) in [4.78, 5) is 10.6. The van der Waals surface area contributed by atoms with Crippen LogP contribution in [0.25, 0.3) is 0 Å². The van der Waals surface area contributed by atoms with Crippen LogP contribution in [0.15, 0.2) is 6.20 Å². The van der Waals surface area contributed by atoms with Gasteiger partial charge in [0, 0.05) is 13.6 Å². The van der Waals surface area contributed by atoms with Crippen molar-refractivity contribution in [3.63, 3.8) is 0 Å². The molecule has 0 atom stereocenters. The number of nitrogens with one attached hydrogen (secondary N) is 1. The number of aromatic nitrogens is 2. The van der Waals surface area contributed by atoms with Crippen LogP contribution in [0, 0.1) is 0 Å². The third-order valence-electron chi connectivity index (χ3n) is 3.03. The number of hydrogen-bond acceptors (Lipinski definition) is 5. The van der Waals surface area contributed by atoms with Crippen molar-refractivity contribution >= 4 is 17.5 Å². The van der Waals surface area contributed by atoms with Crippen LogP contribution >= 0.6 is 11.6 Å². The Morgan fingerprint density at radius 2 is 2.17 bits per heavy atom. The van der Waals surface area contributed by atoms with Crippen molar-refractivity contribution in [2.45, 2.75) is 19.3 Å². The first kappa shape index (κ1) is 13.4. The molecule has 1 aliphatic heterocycles. The van der Waals surface area contributed by atoms with E-state index in [1.807, 2.05) is 0 Å². The highest BCUT2D eigenvalue weighted by Crippen LogP contribution is 2.21. The maximum atomic E-state index is 5.98. The summed E-state index contributed by atoms with van der Waals surface area (Å²) in [6, 6.07) is 0. The van der Waals surface area contributed by atoms with Gasteiger partial charge in [0.25, 0.3) is 0 Å². The maximum Gasteiger partial charge on any atom is 0.237 e. The Balaban J connectivity index is 1.81. The highest BCUT2D eigenvalue weighted by atomic mass is 35.5. The van der Waals surface area contributed by atoms with Crippen molar-refractivity contribution in [3.8, 4) is 5.88 Å². The molecule has 1 aliphatic rings. The fraction of sp³-hybridized carbons (Fsp3) is 0.667. The van der Waals surface area contributed by atoms with Gasteiger partial charge in [-0.05, 0) is 25.9 Å². The van der Waals surface area contributed by atoms with Crippen LogP contribution in [0.2, 0.25) is 5.02 Å². The second kappa shape index (κ2) is 6.75. The van der Waals surface area contributed by atoms with Crippen molar-refractivity contribution in [1.29, 1.82) is 0 Å². The molecule has 6 heteroatoms. The third-order valence-corrected chi connectivity index (χ3v) is 3.29. The first-order valence-corrected chi connectivity index (χ1v) is 6.73. The quantitative estimate of drug-likeness (QED) is 0.887. The van der Waals surface area contributed by atoms with Crippen LogP contribution in [0.5, 0.6) is 5.88 Å². The summed E-state index contributed by atoms with van der Waals surface area (Å²) in [7, 11) is 1.76. The number of hydrogen-bond donors (Lipinski definition) is 1. The molecule has 5 nitrogen and oxygen atoms in total. The monoisotopic (exact) mass is 270 g/mol. The SMILES string of the molecule is CNc1ncc(Cl)c(OCCN2CCCCC2)n1. The van der Waals surface area contributed by atoms with Gasteiger partial charge in [0.15, 0.2) is 0 Å². The summed E-state index contributed by atoms with van der Waals surface area (Å²) < 4.78 is 5.62. The van der Waals surface area contributed by atoms with E-state index in [1.165, 1.54) is 32.4 Å². The van der Waals surface area contributed by atoms with Crippen LogP contribution < -0.4 is 10.1 Å². The number of piperidine rings is 1. The van der Waals surface area contributed by atoms with Crippen LogP contribution in [-0.4, -0.2) is 48.2 Å². The molecule has 18 heavy (non-hydrogen) atoms. The van der Waals surface area contributed by atoms with Crippen molar-refractivity contribution in [2.24, 2.45) is 0 Å². The molecule has 0 aromatic carbocycles. The lowest BCUT2D eigenvalue weighted by molar-refractivity contribution is 0.180. The summed E-state index contributed by atoms with van der Waals surface area (Å²) >= 11 is 5.98. The molecular formula is C12H19ClN4O. The minimum atomic E-state index is 0.452. The molecule has 0 aliphatic carbocycles. The normalized spacial score (nSPS) is 16.6. The van der Waals surface area contributed by atoms with E-state index in [-0.39, 0.29) is 0 Å². The Morgan fingerprint density at radius 1 is 1.39 bits per heavy atom. The van der Waals surface area contributed by atoms with E-state index in [0.29, 0.717) is 23.5 Å². The fourth-order valence-electron chi connectivity index (χ4n) is 2.03. The average Bonchev–Trinajstić information content (AvgIpc) is 2.42. The van der Waals surface area contributed by atoms with Gasteiger partial charge in [-0.3, -0.25) is 4.90 Å². The summed E-state index contributed by atoms with van der Waals surface area (Å²) in [5.41, 5.74) is 0. The molecule has 0 radical (unpaired) electrons. The fourth-order valence-corrected chi connectivity index (χ4v) is 2.17. The minimum Gasteiger partial charge on any atom is -0.475 e. The van der Waals surface area contributed by atoms with Crippen molar-refractivity contribution < 1.29 is 4.74 Å². The molecule has 0 amide bonds. The van der Waals surface area contributed by atoms with Gasteiger partial charge in [0.05, 0.1) is 6.20 Å². The zero-order valence-electron chi connectivity index (χ0n) is 10.7. The molecule has 0 saturated carbocycles. The van der Waals surface area contributed by atoms with Gasteiger partial charge in [-0.25, -0.2) is 4.98 Å². The molecule has 1 N–H and O–H groups in total. The highest BCUT2D eigenvalue weighted by molar-refractivity contribution is 6.31. The lowest BCUT2D eigenvalue weighted by atomic mass is 10.1. The van der Waals surface area contributed by atoms with E-state index in [9.17, 15) is 0 Å². The first-order chi connectivity index (χ1) is 8.79. The number of anilines is 1. The van der Waals surface area contributed by atoms with Gasteiger partial charge < -0.3 is 10.1 Å². The third kappa shape index (κ3) is 3.71. The number of likely N-dealkylation sites (tertiary alicyclic amines) is 1. The minimum absolute atomic E-state index is 0.452. The lowest BCUT2D eigenvalue weighted by Gasteiger charge is -2.26. The zero-order chi connectivity index (χ0) is 12.8. The van der Waals surface area contributed by atoms with Gasteiger partial charge in [0.1, 0.15) is 11.6 Å². The average molecular weight is 271 g/mol. The van der Waals surface area contributed by atoms with Gasteiger partial charge >= 0.3 is 0 Å². The molecule has 0 spiro atoms. The number of halogens is 1. The number of ether oxygens (including phenoxy) is 1. The maximum absolute atomic E-state index is 5.98. The molecule has 2 rings (SSSR count). The Hall–Kier alpha value is -1.07. The van der Waals surface area contributed by atoms with E-state index in [2.05, 4.69) is 20.2 Å². The Kier molecular flexibility index (Phi) is 5.01. The molecule has 1 saturated heterocycles. The Morgan fingerprint density at radius 3 is 2.89 bits per heavy atom. The molecule has 0 bridgehead atoms. The number of nitrogens with zero attached hydrogens (tertiary/aromatic N) is 3. The highest BCUT2D eigenvalue weighted by Gasteiger charge is 2.11. The van der Waals surface area contributed by atoms with E-state index >= 15 is 0 Å². The van der Waals surface area contributed by atoms with Gasteiger partial charge in [-0.15, -0.1) is 0 Å². The Labute approximate surface area is 113 Å². The molecule has 1 fully saturated rings. The van der Waals surface area contributed by atoms with Crippen LogP contribution in [0.1, 0.15) is 19.3 Å². The summed E-state index contributed by atoms with van der Waals surface area (Å²) in [5, 5.41) is 3.31. The number of rotatable bonds is 5. The molecule has 100 valence electrons. The van der Waals surface area contributed by atoms with Crippen LogP contribution in [-0.2, 0) is 0 Å². The van der Waals surface area contributed by atoms with Crippen molar-refractivity contribution in [3.05, 3.63) is 11.2 Å². The second-order valence-corrected chi connectivity index (χ2v) is 4.75. The van der Waals surface area contributed by atoms with E-state index in [1.54, 1.807) is 13.2 Å². The van der Waals surface area contributed by atoms with Crippen molar-refractivity contribution in [1.82, 2.24) is 14.9 Å². The lowest BCUT2D eigenvalue weighted by Crippen LogP contribution is -2.33. The van der Waals surface area contributed by atoms with Gasteiger partial charge in [0.2, 0.25) is 11.8 Å². The molecule has 1 aromatic rings. The second-order valence-electron chi connectivity index (χ2n) is 4.35. The van der Waals surface area contributed by atoms with Crippen LogP contribution in [0.3, 0.4) is 0 Å². The summed E-state index contributed by atoms with van der Waals surface area (Å²) in [6.07, 6.45) is 5.48. The van der Waals surface area contributed by atoms with Gasteiger partial charge in [-0.2, -0.15) is 4.98 Å². The molecular weight excluding hydrogens is 252 g/mol. The summed E-state index contributed by atoms with van der Waals surface area (Å²) in [6.45, 7) is 3.88. The van der Waals surface area contributed by atoms with Crippen LogP contribution in [0.4, 0.5) is 5.95 Å². The topological polar surface area (TPSA) is 50.3 Å². The molecule has 1 aromatic heterocycles. The largest absolute Gasteiger partial charge is 0.475 e. The molecule has 2 heterocycles. The van der Waals surface area contributed by atoms with E-state index < -0.39 is 0 Å². The predicted molar refractivity (Wildman–Crippen MR) is 72.4 cm³/mol. The Bertz CT molecular complexity index is 382. The zero-order valence-corrected chi connectivity index (χ0v) is 11.4.